The van der Waals surface area contributed by atoms with E-state index in [1.807, 2.05) is 25.1 Å². The molecule has 0 saturated carbocycles. The maximum atomic E-state index is 6.18. The van der Waals surface area contributed by atoms with E-state index in [2.05, 4.69) is 16.7 Å². The summed E-state index contributed by atoms with van der Waals surface area (Å²) in [5.41, 5.74) is 7.17. The second kappa shape index (κ2) is 7.99. The van der Waals surface area contributed by atoms with Gasteiger partial charge in [0.1, 0.15) is 5.75 Å². The van der Waals surface area contributed by atoms with Gasteiger partial charge in [0, 0.05) is 43.3 Å². The Morgan fingerprint density at radius 2 is 1.95 bits per heavy atom. The highest BCUT2D eigenvalue weighted by atomic mass is 35.5. The van der Waals surface area contributed by atoms with E-state index in [-0.39, 0.29) is 6.04 Å². The fraction of sp³-hybridized carbons (Fsp3) is 0.625. The Labute approximate surface area is 132 Å². The first-order valence-electron chi connectivity index (χ1n) is 7.78. The Balaban J connectivity index is 2.19. The molecule has 1 atom stereocenters. The van der Waals surface area contributed by atoms with Gasteiger partial charge in [-0.1, -0.05) is 18.5 Å². The molecule has 0 amide bonds. The van der Waals surface area contributed by atoms with Gasteiger partial charge in [-0.3, -0.25) is 4.90 Å². The first-order valence-corrected chi connectivity index (χ1v) is 8.16. The first-order chi connectivity index (χ1) is 10.2. The zero-order chi connectivity index (χ0) is 15.2. The van der Waals surface area contributed by atoms with E-state index < -0.39 is 0 Å². The molecule has 1 aromatic carbocycles. The van der Waals surface area contributed by atoms with E-state index in [1.165, 1.54) is 0 Å². The van der Waals surface area contributed by atoms with Crippen LogP contribution in [0.1, 0.15) is 25.5 Å². The third-order valence-electron chi connectivity index (χ3n) is 4.15. The first kappa shape index (κ1) is 16.6. The van der Waals surface area contributed by atoms with Crippen molar-refractivity contribution >= 4 is 11.6 Å². The minimum Gasteiger partial charge on any atom is -0.494 e. The number of likely N-dealkylation sites (N-methyl/N-ethyl adjacent to an activating group) is 1. The summed E-state index contributed by atoms with van der Waals surface area (Å²) in [6.45, 7) is 10.8. The number of rotatable bonds is 6. The fourth-order valence-electron chi connectivity index (χ4n) is 2.93. The van der Waals surface area contributed by atoms with Crippen LogP contribution in [-0.2, 0) is 0 Å². The minimum atomic E-state index is 0.171. The smallest absolute Gasteiger partial charge is 0.124 e. The molecule has 1 fully saturated rings. The van der Waals surface area contributed by atoms with Crippen LogP contribution >= 0.6 is 11.6 Å². The lowest BCUT2D eigenvalue weighted by atomic mass is 10.0. The number of hydrogen-bond donors (Lipinski definition) is 1. The normalized spacial score (nSPS) is 18.7. The van der Waals surface area contributed by atoms with Crippen LogP contribution in [-0.4, -0.2) is 55.7 Å². The van der Waals surface area contributed by atoms with E-state index in [4.69, 9.17) is 22.1 Å². The molecule has 5 heteroatoms. The number of halogens is 1. The highest BCUT2D eigenvalue weighted by Crippen LogP contribution is 2.32. The Hall–Kier alpha value is -0.810. The predicted molar refractivity (Wildman–Crippen MR) is 88.1 cm³/mol. The van der Waals surface area contributed by atoms with Crippen molar-refractivity contribution in [1.82, 2.24) is 9.80 Å². The molecule has 0 aromatic heterocycles. The van der Waals surface area contributed by atoms with Gasteiger partial charge in [-0.25, -0.2) is 0 Å². The molecule has 1 heterocycles. The fourth-order valence-corrected chi connectivity index (χ4v) is 3.11. The van der Waals surface area contributed by atoms with Crippen molar-refractivity contribution in [3.8, 4) is 5.75 Å². The summed E-state index contributed by atoms with van der Waals surface area (Å²) in [5.74, 6) is 0.898. The van der Waals surface area contributed by atoms with Crippen molar-refractivity contribution in [3.63, 3.8) is 0 Å². The molecular weight excluding hydrogens is 286 g/mol. The molecule has 0 spiro atoms. The SMILES string of the molecule is CCOc1ccc(Cl)cc1C(CN)N1CCN(CC)CC1. The highest BCUT2D eigenvalue weighted by Gasteiger charge is 2.26. The lowest BCUT2D eigenvalue weighted by molar-refractivity contribution is 0.100. The van der Waals surface area contributed by atoms with Gasteiger partial charge in [0.2, 0.25) is 0 Å². The molecule has 2 N–H and O–H groups in total. The van der Waals surface area contributed by atoms with Crippen molar-refractivity contribution in [3.05, 3.63) is 28.8 Å². The third kappa shape index (κ3) is 4.10. The van der Waals surface area contributed by atoms with E-state index in [0.29, 0.717) is 13.2 Å². The lowest BCUT2D eigenvalue weighted by Crippen LogP contribution is -2.48. The Morgan fingerprint density at radius 3 is 2.52 bits per heavy atom. The molecule has 2 rings (SSSR count). The van der Waals surface area contributed by atoms with Crippen LogP contribution in [0.2, 0.25) is 5.02 Å². The molecule has 1 aromatic rings. The van der Waals surface area contributed by atoms with Gasteiger partial charge in [-0.2, -0.15) is 0 Å². The van der Waals surface area contributed by atoms with Crippen molar-refractivity contribution in [2.45, 2.75) is 19.9 Å². The van der Waals surface area contributed by atoms with E-state index >= 15 is 0 Å². The average Bonchev–Trinajstić information content (AvgIpc) is 2.51. The minimum absolute atomic E-state index is 0.171. The number of nitrogens with two attached hydrogens (primary N) is 1. The number of hydrogen-bond acceptors (Lipinski definition) is 4. The maximum absolute atomic E-state index is 6.18. The number of ether oxygens (including phenoxy) is 1. The van der Waals surface area contributed by atoms with Gasteiger partial charge in [0.25, 0.3) is 0 Å². The van der Waals surface area contributed by atoms with Crippen LogP contribution in [0.5, 0.6) is 5.75 Å². The number of benzene rings is 1. The molecule has 0 bridgehead atoms. The quantitative estimate of drug-likeness (QED) is 0.876. The molecule has 118 valence electrons. The molecule has 1 unspecified atom stereocenters. The summed E-state index contributed by atoms with van der Waals surface area (Å²) in [6, 6.07) is 5.99. The van der Waals surface area contributed by atoms with E-state index in [1.54, 1.807) is 0 Å². The van der Waals surface area contributed by atoms with Gasteiger partial charge in [-0.15, -0.1) is 0 Å². The van der Waals surface area contributed by atoms with Crippen molar-refractivity contribution in [2.75, 3.05) is 45.9 Å². The third-order valence-corrected chi connectivity index (χ3v) is 4.38. The van der Waals surface area contributed by atoms with Gasteiger partial charge in [-0.05, 0) is 31.7 Å². The largest absolute Gasteiger partial charge is 0.494 e. The Kier molecular flexibility index (Phi) is 6.30. The van der Waals surface area contributed by atoms with Gasteiger partial charge < -0.3 is 15.4 Å². The molecular formula is C16H26ClN3O. The Morgan fingerprint density at radius 1 is 1.24 bits per heavy atom. The Bertz CT molecular complexity index is 447. The van der Waals surface area contributed by atoms with Crippen molar-refractivity contribution in [1.29, 1.82) is 0 Å². The molecule has 1 aliphatic rings. The predicted octanol–water partition coefficient (Wildman–Crippen LogP) is 2.38. The number of piperazine rings is 1. The monoisotopic (exact) mass is 311 g/mol. The second-order valence-electron chi connectivity index (χ2n) is 5.34. The second-order valence-corrected chi connectivity index (χ2v) is 5.77. The van der Waals surface area contributed by atoms with E-state index in [9.17, 15) is 0 Å². The molecule has 0 radical (unpaired) electrons. The molecule has 21 heavy (non-hydrogen) atoms. The van der Waals surface area contributed by atoms with Gasteiger partial charge in [0.05, 0.1) is 12.6 Å². The summed E-state index contributed by atoms with van der Waals surface area (Å²) in [6.07, 6.45) is 0. The molecule has 1 aliphatic heterocycles. The average molecular weight is 312 g/mol. The summed E-state index contributed by atoms with van der Waals surface area (Å²) in [5, 5.41) is 0.735. The van der Waals surface area contributed by atoms with Crippen LogP contribution in [0.3, 0.4) is 0 Å². The summed E-state index contributed by atoms with van der Waals surface area (Å²) < 4.78 is 5.76. The van der Waals surface area contributed by atoms with E-state index in [0.717, 1.165) is 49.1 Å². The zero-order valence-corrected chi connectivity index (χ0v) is 13.8. The van der Waals surface area contributed by atoms with Crippen LogP contribution < -0.4 is 10.5 Å². The van der Waals surface area contributed by atoms with Crippen LogP contribution in [0.4, 0.5) is 0 Å². The maximum Gasteiger partial charge on any atom is 0.124 e. The van der Waals surface area contributed by atoms with Crippen LogP contribution in [0.15, 0.2) is 18.2 Å². The molecule has 1 saturated heterocycles. The van der Waals surface area contributed by atoms with Gasteiger partial charge >= 0.3 is 0 Å². The van der Waals surface area contributed by atoms with Crippen LogP contribution in [0, 0.1) is 0 Å². The summed E-state index contributed by atoms with van der Waals surface area (Å²) in [7, 11) is 0. The summed E-state index contributed by atoms with van der Waals surface area (Å²) >= 11 is 6.18. The molecule has 4 nitrogen and oxygen atoms in total. The topological polar surface area (TPSA) is 41.7 Å². The van der Waals surface area contributed by atoms with Crippen molar-refractivity contribution < 1.29 is 4.74 Å². The lowest BCUT2D eigenvalue weighted by Gasteiger charge is -2.39. The van der Waals surface area contributed by atoms with Crippen molar-refractivity contribution in [2.24, 2.45) is 5.73 Å². The van der Waals surface area contributed by atoms with Gasteiger partial charge in [0.15, 0.2) is 0 Å². The zero-order valence-electron chi connectivity index (χ0n) is 13.0. The standard InChI is InChI=1S/C16H26ClN3O/c1-3-19-7-9-20(10-8-19)15(12-18)14-11-13(17)5-6-16(14)21-4-2/h5-6,11,15H,3-4,7-10,12,18H2,1-2H3. The van der Waals surface area contributed by atoms with Crippen LogP contribution in [0.25, 0.3) is 0 Å². The number of nitrogens with zero attached hydrogens (tertiary/aromatic N) is 2. The summed E-state index contributed by atoms with van der Waals surface area (Å²) in [4.78, 5) is 4.91. The molecule has 0 aliphatic carbocycles. The highest BCUT2D eigenvalue weighted by molar-refractivity contribution is 6.30.